The number of benzene rings is 1. The molecular formula is C19H25N3O3. The minimum Gasteiger partial charge on any atom is -0.396 e. The van der Waals surface area contributed by atoms with E-state index in [1.54, 1.807) is 6.07 Å². The van der Waals surface area contributed by atoms with Crippen molar-refractivity contribution in [3.8, 4) is 0 Å². The highest BCUT2D eigenvalue weighted by molar-refractivity contribution is 6.06. The maximum Gasteiger partial charge on any atom is 0.249 e. The van der Waals surface area contributed by atoms with Crippen LogP contribution in [0.4, 0.5) is 5.82 Å². The quantitative estimate of drug-likeness (QED) is 0.767. The fraction of sp³-hybridized carbons (Fsp3) is 0.474. The topological polar surface area (TPSA) is 99.7 Å². The van der Waals surface area contributed by atoms with Crippen LogP contribution in [-0.4, -0.2) is 46.9 Å². The molecular weight excluding hydrogens is 318 g/mol. The average Bonchev–Trinajstić information content (AvgIpc) is 2.62. The van der Waals surface area contributed by atoms with Crippen LogP contribution in [0.5, 0.6) is 0 Å². The first-order chi connectivity index (χ1) is 12.0. The molecule has 1 aliphatic heterocycles. The van der Waals surface area contributed by atoms with Gasteiger partial charge in [0.1, 0.15) is 5.82 Å². The third-order valence-electron chi connectivity index (χ3n) is 5.24. The molecule has 0 aliphatic carbocycles. The number of anilines is 1. The van der Waals surface area contributed by atoms with Gasteiger partial charge in [-0.05, 0) is 25.0 Å². The van der Waals surface area contributed by atoms with Gasteiger partial charge < -0.3 is 20.8 Å². The van der Waals surface area contributed by atoms with Gasteiger partial charge in [0.15, 0.2) is 0 Å². The second kappa shape index (κ2) is 6.98. The molecule has 0 radical (unpaired) electrons. The van der Waals surface area contributed by atoms with Crippen LogP contribution in [0.15, 0.2) is 30.3 Å². The molecule has 4 N–H and O–H groups in total. The molecule has 2 atom stereocenters. The highest BCUT2D eigenvalue weighted by Crippen LogP contribution is 2.36. The average molecular weight is 343 g/mol. The van der Waals surface area contributed by atoms with Gasteiger partial charge in [0.05, 0.1) is 23.8 Å². The first-order valence-electron chi connectivity index (χ1n) is 8.74. The molecule has 2 heterocycles. The molecule has 2 aromatic rings. The van der Waals surface area contributed by atoms with E-state index in [1.807, 2.05) is 36.1 Å². The van der Waals surface area contributed by atoms with Gasteiger partial charge in [-0.1, -0.05) is 31.5 Å². The largest absolute Gasteiger partial charge is 0.396 e. The zero-order valence-corrected chi connectivity index (χ0v) is 14.5. The van der Waals surface area contributed by atoms with Crippen LogP contribution in [0.1, 0.15) is 36.5 Å². The van der Waals surface area contributed by atoms with E-state index in [-0.39, 0.29) is 6.61 Å². The number of primary amides is 1. The van der Waals surface area contributed by atoms with Gasteiger partial charge in [0.25, 0.3) is 0 Å². The van der Waals surface area contributed by atoms with Crippen LogP contribution < -0.4 is 10.6 Å². The normalized spacial score (nSPS) is 23.8. The number of fused-ring (bicyclic) bond motifs is 1. The monoisotopic (exact) mass is 343 g/mol. The molecule has 0 unspecified atom stereocenters. The Kier molecular flexibility index (Phi) is 4.92. The Bertz CT molecular complexity index is 780. The highest BCUT2D eigenvalue weighted by Gasteiger charge is 2.42. The van der Waals surface area contributed by atoms with Gasteiger partial charge in [-0.15, -0.1) is 0 Å². The van der Waals surface area contributed by atoms with Gasteiger partial charge in [0, 0.05) is 23.9 Å². The maximum absolute atomic E-state index is 11.9. The number of para-hydroxylation sites is 1. The summed E-state index contributed by atoms with van der Waals surface area (Å²) in [6, 6.07) is 9.14. The summed E-state index contributed by atoms with van der Waals surface area (Å²) < 4.78 is 0. The molecule has 1 aliphatic rings. The second-order valence-corrected chi connectivity index (χ2v) is 6.91. The van der Waals surface area contributed by atoms with Gasteiger partial charge in [-0.2, -0.15) is 0 Å². The molecule has 6 heteroatoms. The number of aliphatic hydroxyl groups excluding tert-OH is 2. The summed E-state index contributed by atoms with van der Waals surface area (Å²) in [6.07, 6.45) is 1.63. The van der Waals surface area contributed by atoms with E-state index in [4.69, 9.17) is 5.73 Å². The van der Waals surface area contributed by atoms with Gasteiger partial charge >= 0.3 is 0 Å². The van der Waals surface area contributed by atoms with E-state index >= 15 is 0 Å². The van der Waals surface area contributed by atoms with E-state index in [9.17, 15) is 15.0 Å². The van der Waals surface area contributed by atoms with Crippen LogP contribution in [0.3, 0.4) is 0 Å². The van der Waals surface area contributed by atoms with Crippen LogP contribution in [0, 0.1) is 5.41 Å². The third-order valence-corrected chi connectivity index (χ3v) is 5.24. The molecule has 1 fully saturated rings. The summed E-state index contributed by atoms with van der Waals surface area (Å²) >= 11 is 0. The fourth-order valence-corrected chi connectivity index (χ4v) is 3.85. The number of aliphatic hydroxyl groups is 2. The van der Waals surface area contributed by atoms with Crippen molar-refractivity contribution in [2.24, 2.45) is 11.1 Å². The molecule has 0 spiro atoms. The molecule has 6 nitrogen and oxygen atoms in total. The van der Waals surface area contributed by atoms with E-state index in [1.165, 1.54) is 0 Å². The van der Waals surface area contributed by atoms with Gasteiger partial charge in [-0.3, -0.25) is 4.79 Å². The van der Waals surface area contributed by atoms with Crippen molar-refractivity contribution in [3.63, 3.8) is 0 Å². The first kappa shape index (κ1) is 17.6. The smallest absolute Gasteiger partial charge is 0.249 e. The second-order valence-electron chi connectivity index (χ2n) is 6.91. The standard InChI is InChI=1S/C19H25N3O3/c1-2-8-19(12-23)11-22(9-7-16(19)24)17-10-14(18(20)25)13-5-3-4-6-15(13)21-17/h3-6,10,16,23-24H,2,7-9,11-12H2,1H3,(H2,20,25)/t16-,19-/m0/s1. The first-order valence-corrected chi connectivity index (χ1v) is 8.74. The minimum atomic E-state index is -0.562. The number of rotatable bonds is 5. The molecule has 1 saturated heterocycles. The molecule has 0 saturated carbocycles. The van der Waals surface area contributed by atoms with Crippen molar-refractivity contribution < 1.29 is 15.0 Å². The predicted octanol–water partition coefficient (Wildman–Crippen LogP) is 1.68. The third kappa shape index (κ3) is 3.19. The van der Waals surface area contributed by atoms with E-state index in [0.29, 0.717) is 36.4 Å². The maximum atomic E-state index is 11.9. The number of hydrogen-bond acceptors (Lipinski definition) is 5. The lowest BCUT2D eigenvalue weighted by Crippen LogP contribution is -2.54. The summed E-state index contributed by atoms with van der Waals surface area (Å²) in [4.78, 5) is 18.6. The van der Waals surface area contributed by atoms with Crippen LogP contribution in [0.2, 0.25) is 0 Å². The minimum absolute atomic E-state index is 0.0746. The lowest BCUT2D eigenvalue weighted by Gasteiger charge is -2.45. The van der Waals surface area contributed by atoms with E-state index in [2.05, 4.69) is 4.98 Å². The number of amides is 1. The van der Waals surface area contributed by atoms with Crippen molar-refractivity contribution >= 4 is 22.6 Å². The Labute approximate surface area is 147 Å². The predicted molar refractivity (Wildman–Crippen MR) is 97.5 cm³/mol. The van der Waals surface area contributed by atoms with E-state index < -0.39 is 17.4 Å². The van der Waals surface area contributed by atoms with Crippen molar-refractivity contribution in [1.29, 1.82) is 0 Å². The summed E-state index contributed by atoms with van der Waals surface area (Å²) in [5, 5.41) is 21.1. The summed E-state index contributed by atoms with van der Waals surface area (Å²) in [6.45, 7) is 3.09. The number of nitrogens with two attached hydrogens (primary N) is 1. The van der Waals surface area contributed by atoms with Gasteiger partial charge in [-0.25, -0.2) is 4.98 Å². The zero-order valence-electron chi connectivity index (χ0n) is 14.5. The Hall–Kier alpha value is -2.18. The Morgan fingerprint density at radius 1 is 1.44 bits per heavy atom. The molecule has 134 valence electrons. The van der Waals surface area contributed by atoms with Crippen molar-refractivity contribution in [3.05, 3.63) is 35.9 Å². The van der Waals surface area contributed by atoms with Crippen molar-refractivity contribution in [1.82, 2.24) is 4.98 Å². The zero-order chi connectivity index (χ0) is 18.0. The number of pyridine rings is 1. The lowest BCUT2D eigenvalue weighted by atomic mass is 9.74. The number of carbonyl (C=O) groups is 1. The molecule has 1 amide bonds. The SMILES string of the molecule is CCC[C@@]1(CO)CN(c2cc(C(N)=O)c3ccccc3n2)CC[C@@H]1O. The number of piperidine rings is 1. The van der Waals surface area contributed by atoms with Crippen LogP contribution >= 0.6 is 0 Å². The van der Waals surface area contributed by atoms with Crippen LogP contribution in [-0.2, 0) is 0 Å². The summed E-state index contributed by atoms with van der Waals surface area (Å²) in [5.41, 5.74) is 6.15. The number of nitrogens with zero attached hydrogens (tertiary/aromatic N) is 2. The van der Waals surface area contributed by atoms with Crippen LogP contribution in [0.25, 0.3) is 10.9 Å². The molecule has 3 rings (SSSR count). The van der Waals surface area contributed by atoms with Crippen molar-refractivity contribution in [2.45, 2.75) is 32.3 Å². The number of aromatic nitrogens is 1. The molecule has 25 heavy (non-hydrogen) atoms. The van der Waals surface area contributed by atoms with E-state index in [0.717, 1.165) is 18.2 Å². The number of hydrogen-bond donors (Lipinski definition) is 3. The Morgan fingerprint density at radius 2 is 2.20 bits per heavy atom. The molecule has 1 aromatic carbocycles. The fourth-order valence-electron chi connectivity index (χ4n) is 3.85. The molecule has 1 aromatic heterocycles. The molecule has 0 bridgehead atoms. The summed E-state index contributed by atoms with van der Waals surface area (Å²) in [7, 11) is 0. The number of carbonyl (C=O) groups excluding carboxylic acids is 1. The Balaban J connectivity index is 2.02. The summed E-state index contributed by atoms with van der Waals surface area (Å²) in [5.74, 6) is 0.173. The highest BCUT2D eigenvalue weighted by atomic mass is 16.3. The lowest BCUT2D eigenvalue weighted by molar-refractivity contribution is -0.0353. The van der Waals surface area contributed by atoms with Crippen molar-refractivity contribution in [2.75, 3.05) is 24.6 Å². The van der Waals surface area contributed by atoms with Gasteiger partial charge in [0.2, 0.25) is 5.91 Å². The Morgan fingerprint density at radius 3 is 2.88 bits per heavy atom.